The second-order valence-electron chi connectivity index (χ2n) is 8.82. The van der Waals surface area contributed by atoms with Crippen molar-refractivity contribution in [2.45, 2.75) is 33.7 Å². The lowest BCUT2D eigenvalue weighted by Gasteiger charge is -2.29. The van der Waals surface area contributed by atoms with Crippen molar-refractivity contribution in [2.75, 3.05) is 13.1 Å². The molecule has 0 saturated heterocycles. The Labute approximate surface area is 217 Å². The highest BCUT2D eigenvalue weighted by Gasteiger charge is 2.34. The number of aromatic amines is 1. The third-order valence-corrected chi connectivity index (χ3v) is 7.94. The predicted molar refractivity (Wildman–Crippen MR) is 146 cm³/mol. The molecule has 0 fully saturated rings. The molecule has 0 spiro atoms. The first kappa shape index (κ1) is 24.3. The van der Waals surface area contributed by atoms with Crippen LogP contribution in [0.4, 0.5) is 0 Å². The van der Waals surface area contributed by atoms with Crippen LogP contribution in [0.5, 0.6) is 0 Å². The lowest BCUT2D eigenvalue weighted by atomic mass is 9.94. The molecule has 0 saturated carbocycles. The standard InChI is InChI=1S/C28H27ClN4O2S/c1-5-32(6-2)27(35)24-17(4)31-28-33(25(24)18-11-13-19(29)14-12-18)26(34)23(36-28)15-21-16(3)30-22-10-8-7-9-20(21)22/h7-15,25,30H,5-6H2,1-4H3/b23-15+/t25-/m1/s1. The number of fused-ring (bicyclic) bond motifs is 2. The predicted octanol–water partition coefficient (Wildman–Crippen LogP) is 4.55. The van der Waals surface area contributed by atoms with Gasteiger partial charge >= 0.3 is 0 Å². The van der Waals surface area contributed by atoms with Gasteiger partial charge in [-0.25, -0.2) is 4.99 Å². The normalized spacial score (nSPS) is 15.8. The van der Waals surface area contributed by atoms with Gasteiger partial charge in [0.1, 0.15) is 0 Å². The molecule has 2 aromatic heterocycles. The number of benzene rings is 2. The summed E-state index contributed by atoms with van der Waals surface area (Å²) < 4.78 is 2.23. The topological polar surface area (TPSA) is 70.5 Å². The molecule has 1 N–H and O–H groups in total. The first-order valence-electron chi connectivity index (χ1n) is 12.0. The van der Waals surface area contributed by atoms with Gasteiger partial charge < -0.3 is 9.88 Å². The number of hydrogen-bond donors (Lipinski definition) is 1. The average molecular weight is 519 g/mol. The fourth-order valence-electron chi connectivity index (χ4n) is 4.85. The molecule has 0 radical (unpaired) electrons. The molecule has 0 aliphatic carbocycles. The van der Waals surface area contributed by atoms with Crippen molar-refractivity contribution < 1.29 is 4.79 Å². The maximum Gasteiger partial charge on any atom is 0.271 e. The fourth-order valence-corrected chi connectivity index (χ4v) is 6.01. The molecule has 36 heavy (non-hydrogen) atoms. The van der Waals surface area contributed by atoms with E-state index in [1.54, 1.807) is 21.6 Å². The Morgan fingerprint density at radius 1 is 1.14 bits per heavy atom. The van der Waals surface area contributed by atoms with Crippen LogP contribution in [0.25, 0.3) is 17.0 Å². The van der Waals surface area contributed by atoms with Crippen molar-refractivity contribution in [3.8, 4) is 0 Å². The smallest absolute Gasteiger partial charge is 0.271 e. The molecular weight excluding hydrogens is 492 g/mol. The number of amides is 1. The highest BCUT2D eigenvalue weighted by molar-refractivity contribution is 7.07. The molecule has 1 amide bonds. The molecule has 8 heteroatoms. The van der Waals surface area contributed by atoms with Crippen LogP contribution in [0.1, 0.15) is 43.6 Å². The number of aromatic nitrogens is 2. The van der Waals surface area contributed by atoms with Crippen LogP contribution in [-0.2, 0) is 4.79 Å². The van der Waals surface area contributed by atoms with Crippen LogP contribution in [0.2, 0.25) is 5.02 Å². The first-order valence-corrected chi connectivity index (χ1v) is 13.2. The summed E-state index contributed by atoms with van der Waals surface area (Å²) >= 11 is 7.52. The largest absolute Gasteiger partial charge is 0.358 e. The Bertz CT molecular complexity index is 1690. The van der Waals surface area contributed by atoms with Crippen LogP contribution in [0.3, 0.4) is 0 Å². The van der Waals surface area contributed by atoms with Crippen LogP contribution in [0.15, 0.2) is 69.6 Å². The van der Waals surface area contributed by atoms with Crippen LogP contribution >= 0.6 is 22.9 Å². The summed E-state index contributed by atoms with van der Waals surface area (Å²) in [5, 5.41) is 1.65. The minimum Gasteiger partial charge on any atom is -0.358 e. The SMILES string of the molecule is CCN(CC)C(=O)C1=C(C)N=c2s/c(=C/c3c(C)[nH]c4ccccc34)c(=O)n2[C@@H]1c1ccc(Cl)cc1. The second-order valence-corrected chi connectivity index (χ2v) is 10.3. The number of para-hydroxylation sites is 1. The molecule has 4 aromatic rings. The van der Waals surface area contributed by atoms with E-state index in [9.17, 15) is 9.59 Å². The fraction of sp³-hybridized carbons (Fsp3) is 0.250. The summed E-state index contributed by atoms with van der Waals surface area (Å²) in [5.41, 5.74) is 4.79. The molecule has 3 heterocycles. The Hall–Kier alpha value is -3.42. The van der Waals surface area contributed by atoms with E-state index >= 15 is 0 Å². The Morgan fingerprint density at radius 2 is 1.83 bits per heavy atom. The molecule has 6 nitrogen and oxygen atoms in total. The van der Waals surface area contributed by atoms with E-state index < -0.39 is 6.04 Å². The number of hydrogen-bond acceptors (Lipinski definition) is 4. The number of nitrogens with zero attached hydrogens (tertiary/aromatic N) is 3. The number of halogens is 1. The quantitative estimate of drug-likeness (QED) is 0.421. The summed E-state index contributed by atoms with van der Waals surface area (Å²) in [6, 6.07) is 14.8. The molecule has 0 unspecified atom stereocenters. The lowest BCUT2D eigenvalue weighted by molar-refractivity contribution is -0.127. The van der Waals surface area contributed by atoms with E-state index in [2.05, 4.69) is 4.98 Å². The number of allylic oxidation sites excluding steroid dienone is 1. The van der Waals surface area contributed by atoms with Crippen molar-refractivity contribution in [2.24, 2.45) is 4.99 Å². The Kier molecular flexibility index (Phi) is 6.45. The maximum absolute atomic E-state index is 13.9. The zero-order chi connectivity index (χ0) is 25.6. The monoisotopic (exact) mass is 518 g/mol. The number of thiazole rings is 1. The number of carbonyl (C=O) groups is 1. The van der Waals surface area contributed by atoms with Gasteiger partial charge in [-0.2, -0.15) is 0 Å². The number of aryl methyl sites for hydroxylation is 1. The third kappa shape index (κ3) is 4.02. The highest BCUT2D eigenvalue weighted by atomic mass is 35.5. The van der Waals surface area contributed by atoms with E-state index in [1.165, 1.54) is 11.3 Å². The molecule has 5 rings (SSSR count). The zero-order valence-electron chi connectivity index (χ0n) is 20.6. The summed E-state index contributed by atoms with van der Waals surface area (Å²) in [7, 11) is 0. The Balaban J connectivity index is 1.76. The van der Waals surface area contributed by atoms with E-state index in [0.29, 0.717) is 38.7 Å². The van der Waals surface area contributed by atoms with Gasteiger partial charge in [0.15, 0.2) is 4.80 Å². The zero-order valence-corrected chi connectivity index (χ0v) is 22.2. The summed E-state index contributed by atoms with van der Waals surface area (Å²) in [6.45, 7) is 8.90. The molecule has 2 aromatic carbocycles. The van der Waals surface area contributed by atoms with E-state index in [1.807, 2.05) is 70.2 Å². The molecule has 184 valence electrons. The van der Waals surface area contributed by atoms with Gasteiger partial charge in [-0.3, -0.25) is 14.2 Å². The van der Waals surface area contributed by atoms with Gasteiger partial charge in [-0.05, 0) is 57.5 Å². The average Bonchev–Trinajstić information content (AvgIpc) is 3.35. The summed E-state index contributed by atoms with van der Waals surface area (Å²) in [5.74, 6) is -0.108. The number of nitrogens with one attached hydrogen (secondary N) is 1. The minimum atomic E-state index is -0.585. The lowest BCUT2D eigenvalue weighted by Crippen LogP contribution is -2.43. The van der Waals surface area contributed by atoms with Crippen molar-refractivity contribution in [3.63, 3.8) is 0 Å². The van der Waals surface area contributed by atoms with Crippen LogP contribution in [-0.4, -0.2) is 33.4 Å². The van der Waals surface area contributed by atoms with Crippen molar-refractivity contribution in [3.05, 3.63) is 101 Å². The van der Waals surface area contributed by atoms with Crippen molar-refractivity contribution in [1.82, 2.24) is 14.5 Å². The van der Waals surface area contributed by atoms with Gasteiger partial charge in [0.2, 0.25) is 0 Å². The molecule has 1 aliphatic heterocycles. The van der Waals surface area contributed by atoms with E-state index in [-0.39, 0.29) is 11.5 Å². The molecule has 1 atom stereocenters. The Morgan fingerprint density at radius 3 is 2.53 bits per heavy atom. The van der Waals surface area contributed by atoms with Gasteiger partial charge in [-0.15, -0.1) is 0 Å². The summed E-state index contributed by atoms with van der Waals surface area (Å²) in [4.78, 5) is 38.1. The van der Waals surface area contributed by atoms with Crippen LogP contribution < -0.4 is 14.9 Å². The van der Waals surface area contributed by atoms with Gasteiger partial charge in [0, 0.05) is 40.3 Å². The number of H-pyrrole nitrogens is 1. The number of carbonyl (C=O) groups excluding carboxylic acids is 1. The summed E-state index contributed by atoms with van der Waals surface area (Å²) in [6.07, 6.45) is 1.93. The van der Waals surface area contributed by atoms with E-state index in [0.717, 1.165) is 27.7 Å². The van der Waals surface area contributed by atoms with Crippen molar-refractivity contribution in [1.29, 1.82) is 0 Å². The van der Waals surface area contributed by atoms with Gasteiger partial charge in [-0.1, -0.05) is 53.3 Å². The third-order valence-electron chi connectivity index (χ3n) is 6.71. The van der Waals surface area contributed by atoms with Crippen molar-refractivity contribution >= 4 is 45.8 Å². The molecule has 1 aliphatic rings. The molecular formula is C28H27ClN4O2S. The van der Waals surface area contributed by atoms with Crippen LogP contribution in [0, 0.1) is 6.92 Å². The van der Waals surface area contributed by atoms with Gasteiger partial charge in [0.05, 0.1) is 21.8 Å². The van der Waals surface area contributed by atoms with Gasteiger partial charge in [0.25, 0.3) is 11.5 Å². The number of likely N-dealkylation sites (N-methyl/N-ethyl adjacent to an activating group) is 1. The minimum absolute atomic E-state index is 0.108. The maximum atomic E-state index is 13.9. The second kappa shape index (κ2) is 9.56. The molecule has 0 bridgehead atoms. The number of rotatable bonds is 5. The van der Waals surface area contributed by atoms with E-state index in [4.69, 9.17) is 16.6 Å². The highest BCUT2D eigenvalue weighted by Crippen LogP contribution is 2.32. The first-order chi connectivity index (χ1) is 17.3.